The van der Waals surface area contributed by atoms with E-state index < -0.39 is 45.9 Å². The van der Waals surface area contributed by atoms with E-state index in [0.717, 1.165) is 4.90 Å². The molecular weight excluding hydrogens is 332 g/mol. The van der Waals surface area contributed by atoms with Crippen LogP contribution in [0.3, 0.4) is 0 Å². The van der Waals surface area contributed by atoms with Crippen LogP contribution in [0, 0.1) is 0 Å². The molecule has 0 aromatic heterocycles. The number of amides is 3. The van der Waals surface area contributed by atoms with E-state index in [2.05, 4.69) is 0 Å². The van der Waals surface area contributed by atoms with Gasteiger partial charge in [0, 0.05) is 4.75 Å². The summed E-state index contributed by atoms with van der Waals surface area (Å²) in [5, 5.41) is 8.91. The summed E-state index contributed by atoms with van der Waals surface area (Å²) in [6, 6.07) is 4.54. The van der Waals surface area contributed by atoms with Gasteiger partial charge in [0.1, 0.15) is 17.5 Å². The molecular formula is C16H14N2O5S. The van der Waals surface area contributed by atoms with Crippen molar-refractivity contribution >= 4 is 35.5 Å². The molecule has 1 aromatic carbocycles. The van der Waals surface area contributed by atoms with E-state index in [1.807, 2.05) is 0 Å². The van der Waals surface area contributed by atoms with Crippen molar-refractivity contribution in [2.75, 3.05) is 0 Å². The van der Waals surface area contributed by atoms with Crippen LogP contribution in [0.1, 0.15) is 34.6 Å². The number of carbonyl (C=O) groups excluding carboxylic acids is 3. The van der Waals surface area contributed by atoms with Crippen LogP contribution in [0.4, 0.5) is 0 Å². The number of β-lactam (4-membered cyclic amide) rings is 1. The van der Waals surface area contributed by atoms with Gasteiger partial charge in [-0.3, -0.25) is 19.3 Å². The molecule has 1 aromatic rings. The Morgan fingerprint density at radius 1 is 1.12 bits per heavy atom. The minimum Gasteiger partial charge on any atom is -0.480 e. The van der Waals surface area contributed by atoms with Gasteiger partial charge >= 0.3 is 5.97 Å². The van der Waals surface area contributed by atoms with Crippen LogP contribution in [0.5, 0.6) is 0 Å². The summed E-state index contributed by atoms with van der Waals surface area (Å²) in [7, 11) is 0. The van der Waals surface area contributed by atoms with Crippen LogP contribution in [0.2, 0.25) is 0 Å². The van der Waals surface area contributed by atoms with Gasteiger partial charge in [-0.25, -0.2) is 4.79 Å². The standard InChI is InChI=1S/C16H14N2O5S/c1-16(2)10(15(22)23)18-13(21)9(14(18)24-16)17-11(19)7-5-3-4-6-8(7)12(17)20/h3-6,9-10,14H,1-2H3,(H,22,23)/t9-,10-,14-/m0/s1. The van der Waals surface area contributed by atoms with Gasteiger partial charge in [-0.15, -0.1) is 11.8 Å². The number of carboxylic acid groups (broad SMARTS) is 1. The number of hydrogen-bond donors (Lipinski definition) is 1. The minimum absolute atomic E-state index is 0.283. The first-order valence-corrected chi connectivity index (χ1v) is 8.33. The number of nitrogens with zero attached hydrogens (tertiary/aromatic N) is 2. The van der Waals surface area contributed by atoms with Gasteiger partial charge in [-0.2, -0.15) is 0 Å². The van der Waals surface area contributed by atoms with Gasteiger partial charge in [0.2, 0.25) is 0 Å². The molecule has 8 heteroatoms. The van der Waals surface area contributed by atoms with Crippen molar-refractivity contribution in [3.63, 3.8) is 0 Å². The van der Waals surface area contributed by atoms with Gasteiger partial charge in [-0.1, -0.05) is 12.1 Å². The first-order chi connectivity index (χ1) is 11.3. The maximum Gasteiger partial charge on any atom is 0.327 e. The summed E-state index contributed by atoms with van der Waals surface area (Å²) in [5.74, 6) is -2.55. The third-order valence-electron chi connectivity index (χ3n) is 4.75. The molecule has 0 aliphatic carbocycles. The van der Waals surface area contributed by atoms with E-state index in [9.17, 15) is 24.3 Å². The summed E-state index contributed by atoms with van der Waals surface area (Å²) < 4.78 is -0.695. The van der Waals surface area contributed by atoms with Crippen molar-refractivity contribution in [3.05, 3.63) is 35.4 Å². The van der Waals surface area contributed by atoms with Crippen LogP contribution in [0.15, 0.2) is 24.3 Å². The van der Waals surface area contributed by atoms with Crippen LogP contribution >= 0.6 is 11.8 Å². The van der Waals surface area contributed by atoms with Crippen LogP contribution in [-0.4, -0.2) is 60.8 Å². The van der Waals surface area contributed by atoms with E-state index in [0.29, 0.717) is 0 Å². The zero-order chi connectivity index (χ0) is 17.4. The van der Waals surface area contributed by atoms with Crippen LogP contribution in [-0.2, 0) is 9.59 Å². The third kappa shape index (κ3) is 1.69. The lowest BCUT2D eigenvalue weighted by atomic mass is 9.95. The van der Waals surface area contributed by atoms with Crippen molar-refractivity contribution in [3.8, 4) is 0 Å². The van der Waals surface area contributed by atoms with E-state index in [1.54, 1.807) is 38.1 Å². The Labute approximate surface area is 141 Å². The minimum atomic E-state index is -1.08. The Morgan fingerprint density at radius 3 is 2.17 bits per heavy atom. The lowest BCUT2D eigenvalue weighted by Crippen LogP contribution is -2.71. The summed E-state index contributed by atoms with van der Waals surface area (Å²) in [5.41, 5.74) is 0.566. The fraction of sp³-hybridized carbons (Fsp3) is 0.375. The highest BCUT2D eigenvalue weighted by Gasteiger charge is 2.67. The number of carboxylic acids is 1. The molecule has 3 amide bonds. The molecule has 0 spiro atoms. The number of benzene rings is 1. The number of rotatable bonds is 2. The molecule has 0 bridgehead atoms. The smallest absolute Gasteiger partial charge is 0.327 e. The highest BCUT2D eigenvalue weighted by Crippen LogP contribution is 2.52. The number of carbonyl (C=O) groups is 4. The fourth-order valence-corrected chi connectivity index (χ4v) is 5.36. The second-order valence-corrected chi connectivity index (χ2v) is 8.34. The molecule has 2 saturated heterocycles. The van der Waals surface area contributed by atoms with Gasteiger partial charge in [-0.05, 0) is 26.0 Å². The van der Waals surface area contributed by atoms with E-state index in [-0.39, 0.29) is 11.1 Å². The van der Waals surface area contributed by atoms with Gasteiger partial charge in [0.15, 0.2) is 0 Å². The summed E-state index contributed by atoms with van der Waals surface area (Å²) in [6.07, 6.45) is 0. The first-order valence-electron chi connectivity index (χ1n) is 7.45. The van der Waals surface area contributed by atoms with Gasteiger partial charge in [0.05, 0.1) is 11.1 Å². The summed E-state index contributed by atoms with van der Waals surface area (Å²) in [6.45, 7) is 3.50. The Hall–Kier alpha value is -2.35. The predicted octanol–water partition coefficient (Wildman–Crippen LogP) is 0.798. The van der Waals surface area contributed by atoms with Crippen molar-refractivity contribution in [2.24, 2.45) is 0 Å². The van der Waals surface area contributed by atoms with Crippen molar-refractivity contribution in [1.82, 2.24) is 9.80 Å². The van der Waals surface area contributed by atoms with Gasteiger partial charge in [0.25, 0.3) is 17.7 Å². The summed E-state index contributed by atoms with van der Waals surface area (Å²) in [4.78, 5) is 51.5. The van der Waals surface area contributed by atoms with Crippen molar-refractivity contribution in [2.45, 2.75) is 36.1 Å². The number of aliphatic carboxylic acids is 1. The molecule has 3 aliphatic rings. The Balaban J connectivity index is 1.69. The molecule has 4 rings (SSSR count). The molecule has 3 aliphatic heterocycles. The molecule has 124 valence electrons. The highest BCUT2D eigenvalue weighted by molar-refractivity contribution is 8.01. The predicted molar refractivity (Wildman–Crippen MR) is 84.5 cm³/mol. The van der Waals surface area contributed by atoms with Gasteiger partial charge < -0.3 is 10.0 Å². The molecule has 3 heterocycles. The average Bonchev–Trinajstić information content (AvgIpc) is 2.92. The lowest BCUT2D eigenvalue weighted by Gasteiger charge is -2.46. The molecule has 0 saturated carbocycles. The Bertz CT molecular complexity index is 785. The number of fused-ring (bicyclic) bond motifs is 2. The number of thioether (sulfide) groups is 1. The molecule has 24 heavy (non-hydrogen) atoms. The molecule has 0 radical (unpaired) electrons. The molecule has 0 unspecified atom stereocenters. The fourth-order valence-electron chi connectivity index (χ4n) is 3.69. The van der Waals surface area contributed by atoms with E-state index in [1.165, 1.54) is 16.7 Å². The lowest BCUT2D eigenvalue weighted by molar-refractivity contribution is -0.162. The maximum atomic E-state index is 12.6. The van der Waals surface area contributed by atoms with Crippen LogP contribution in [0.25, 0.3) is 0 Å². The topological polar surface area (TPSA) is 95.0 Å². The third-order valence-corrected chi connectivity index (χ3v) is 6.31. The SMILES string of the molecule is CC1(C)S[C@H]2[C@@H](N3C(=O)c4ccccc4C3=O)C(=O)N2[C@H]1C(=O)O. The highest BCUT2D eigenvalue weighted by atomic mass is 32.2. The second-order valence-electron chi connectivity index (χ2n) is 6.57. The van der Waals surface area contributed by atoms with Crippen molar-refractivity contribution < 1.29 is 24.3 Å². The molecule has 3 atom stereocenters. The maximum absolute atomic E-state index is 12.6. The van der Waals surface area contributed by atoms with E-state index >= 15 is 0 Å². The van der Waals surface area contributed by atoms with Crippen LogP contribution < -0.4 is 0 Å². The molecule has 1 N–H and O–H groups in total. The summed E-state index contributed by atoms with van der Waals surface area (Å²) >= 11 is 1.31. The van der Waals surface area contributed by atoms with Crippen molar-refractivity contribution in [1.29, 1.82) is 0 Å². The quantitative estimate of drug-likeness (QED) is 0.629. The Kier molecular flexibility index (Phi) is 2.91. The Morgan fingerprint density at radius 2 is 1.67 bits per heavy atom. The second kappa shape index (κ2) is 4.60. The monoisotopic (exact) mass is 346 g/mol. The zero-order valence-corrected chi connectivity index (χ0v) is 13.7. The number of hydrogen-bond acceptors (Lipinski definition) is 5. The zero-order valence-electron chi connectivity index (χ0n) is 12.9. The molecule has 7 nitrogen and oxygen atoms in total. The average molecular weight is 346 g/mol. The normalized spacial score (nSPS) is 30.2. The largest absolute Gasteiger partial charge is 0.480 e. The van der Waals surface area contributed by atoms with E-state index in [4.69, 9.17) is 0 Å². The molecule has 2 fully saturated rings. The number of imide groups is 1. The first kappa shape index (κ1) is 15.2.